The molecule has 0 N–H and O–H groups in total. The summed E-state index contributed by atoms with van der Waals surface area (Å²) < 4.78 is 2.00. The van der Waals surface area contributed by atoms with Crippen LogP contribution in [0.25, 0.3) is 0 Å². The molecule has 0 heterocycles. The SMILES string of the molecule is C[N](C)[Ti+3]. The number of rotatable bonds is 0. The molecule has 0 spiro atoms. The average Bonchev–Trinajstić information content (AvgIpc) is 0.811. The van der Waals surface area contributed by atoms with Crippen molar-refractivity contribution in [1.29, 1.82) is 0 Å². The van der Waals surface area contributed by atoms with E-state index in [-0.39, 0.29) is 0 Å². The summed E-state index contributed by atoms with van der Waals surface area (Å²) in [4.78, 5) is 0. The van der Waals surface area contributed by atoms with Crippen LogP contribution in [0.2, 0.25) is 0 Å². The Hall–Kier alpha value is 0.674. The Balaban J connectivity index is 2.32. The molecule has 0 amide bonds. The van der Waals surface area contributed by atoms with Gasteiger partial charge in [-0.1, -0.05) is 0 Å². The van der Waals surface area contributed by atoms with Gasteiger partial charge in [-0.3, -0.25) is 0 Å². The first-order valence-electron chi connectivity index (χ1n) is 1.12. The normalized spacial score (nSPS) is 9.25. The molecule has 1 nitrogen and oxygen atoms in total. The van der Waals surface area contributed by atoms with E-state index in [0.29, 0.717) is 0 Å². The topological polar surface area (TPSA) is 3.24 Å². The number of hydrogen-bond acceptors (Lipinski definition) is 1. The minimum atomic E-state index is 2.00. The Morgan fingerprint density at radius 3 is 1.50 bits per heavy atom. The zero-order valence-electron chi connectivity index (χ0n) is 2.95. The molecule has 0 aromatic heterocycles. The molecule has 0 aromatic carbocycles. The van der Waals surface area contributed by atoms with Gasteiger partial charge in [0.1, 0.15) is 0 Å². The van der Waals surface area contributed by atoms with Crippen LogP contribution < -0.4 is 0 Å². The molecule has 0 aliphatic heterocycles. The fraction of sp³-hybridized carbons (Fsp3) is 1.00. The molecule has 0 bridgehead atoms. The molecule has 0 unspecified atom stereocenters. The van der Waals surface area contributed by atoms with Crippen molar-refractivity contribution in [2.45, 2.75) is 0 Å². The van der Waals surface area contributed by atoms with Gasteiger partial charge in [0.25, 0.3) is 0 Å². The summed E-state index contributed by atoms with van der Waals surface area (Å²) in [6, 6.07) is 0. The first-order chi connectivity index (χ1) is 1.73. The second-order valence-electron chi connectivity index (χ2n) is 0.894. The second-order valence-corrected chi connectivity index (χ2v) is 2.29. The third-order valence-electron chi connectivity index (χ3n) is 0. The molecule has 0 saturated heterocycles. The molecule has 0 fully saturated rings. The molecule has 0 rings (SSSR count). The number of nitrogens with zero attached hydrogens (tertiary/aromatic N) is 1. The molecular formula is C2H6NTi+3. The van der Waals surface area contributed by atoms with Crippen molar-refractivity contribution in [3.8, 4) is 0 Å². The van der Waals surface area contributed by atoms with Crippen LogP contribution in [-0.2, 0) is 20.7 Å². The summed E-state index contributed by atoms with van der Waals surface area (Å²) in [6.07, 6.45) is 0. The predicted molar refractivity (Wildman–Crippen MR) is 13.7 cm³/mol. The first kappa shape index (κ1) is 4.67. The molecule has 0 aliphatic rings. The Bertz CT molecular complexity index is 10.8. The second kappa shape index (κ2) is 1.95. The van der Waals surface area contributed by atoms with Gasteiger partial charge < -0.3 is 0 Å². The molecule has 0 aliphatic carbocycles. The quantitative estimate of drug-likeness (QED) is 0.380. The molecular weight excluding hydrogens is 85.9 g/mol. The maximum atomic E-state index is 2.00. The molecule has 0 atom stereocenters. The van der Waals surface area contributed by atoms with Crippen molar-refractivity contribution < 1.29 is 20.7 Å². The molecule has 20 valence electrons. The summed E-state index contributed by atoms with van der Waals surface area (Å²) in [5, 5.41) is 0. The van der Waals surface area contributed by atoms with Gasteiger partial charge in [0.2, 0.25) is 0 Å². The third-order valence-corrected chi connectivity index (χ3v) is 0. The van der Waals surface area contributed by atoms with Crippen LogP contribution in [0.4, 0.5) is 0 Å². The van der Waals surface area contributed by atoms with Gasteiger partial charge in [-0.05, 0) is 0 Å². The van der Waals surface area contributed by atoms with Gasteiger partial charge in [0.05, 0.1) is 0 Å². The van der Waals surface area contributed by atoms with Gasteiger partial charge in [0, 0.05) is 0 Å². The standard InChI is InChI=1S/C2H6N.Ti/c1-3-2;/h1-2H3;/q-1;+4. The Morgan fingerprint density at radius 2 is 1.50 bits per heavy atom. The van der Waals surface area contributed by atoms with Crippen molar-refractivity contribution >= 4 is 0 Å². The van der Waals surface area contributed by atoms with E-state index >= 15 is 0 Å². The zero-order chi connectivity index (χ0) is 3.58. The molecule has 0 radical (unpaired) electrons. The minimum absolute atomic E-state index is 2.00. The van der Waals surface area contributed by atoms with Crippen LogP contribution in [0, 0.1) is 0 Å². The first-order valence-corrected chi connectivity index (χ1v) is 1.82. The molecule has 0 aromatic rings. The summed E-state index contributed by atoms with van der Waals surface area (Å²) in [5.74, 6) is 0. The van der Waals surface area contributed by atoms with Crippen LogP contribution in [0.5, 0.6) is 0 Å². The van der Waals surface area contributed by atoms with E-state index < -0.39 is 0 Å². The van der Waals surface area contributed by atoms with Crippen LogP contribution in [0.1, 0.15) is 0 Å². The molecule has 0 saturated carbocycles. The predicted octanol–water partition coefficient (Wildman–Crippen LogP) is 0.00980. The van der Waals surface area contributed by atoms with Crippen LogP contribution in [0.3, 0.4) is 0 Å². The molecule has 4 heavy (non-hydrogen) atoms. The van der Waals surface area contributed by atoms with E-state index in [1.165, 1.54) is 0 Å². The van der Waals surface area contributed by atoms with Gasteiger partial charge in [0.15, 0.2) is 0 Å². The summed E-state index contributed by atoms with van der Waals surface area (Å²) in [7, 11) is 4.00. The summed E-state index contributed by atoms with van der Waals surface area (Å²) in [6.45, 7) is 0. The van der Waals surface area contributed by atoms with E-state index in [2.05, 4.69) is 0 Å². The van der Waals surface area contributed by atoms with Crippen LogP contribution >= 0.6 is 0 Å². The Morgan fingerprint density at radius 1 is 1.50 bits per heavy atom. The van der Waals surface area contributed by atoms with Crippen LogP contribution in [0.15, 0.2) is 0 Å². The third kappa shape index (κ3) is 16.5. The fourth-order valence-electron chi connectivity index (χ4n) is 0. The fourth-order valence-corrected chi connectivity index (χ4v) is 0. The average molecular weight is 91.9 g/mol. The van der Waals surface area contributed by atoms with Crippen molar-refractivity contribution in [2.75, 3.05) is 14.1 Å². The van der Waals surface area contributed by atoms with E-state index in [0.717, 1.165) is 0 Å². The van der Waals surface area contributed by atoms with Gasteiger partial charge in [-0.15, -0.1) is 0 Å². The molecule has 2 heteroatoms. The Labute approximate surface area is 38.7 Å². The number of hydrogen-bond donors (Lipinski definition) is 0. The maximum absolute atomic E-state index is 2.00. The van der Waals surface area contributed by atoms with E-state index in [4.69, 9.17) is 0 Å². The summed E-state index contributed by atoms with van der Waals surface area (Å²) >= 11 is 2.00. The van der Waals surface area contributed by atoms with Crippen molar-refractivity contribution in [3.63, 3.8) is 0 Å². The van der Waals surface area contributed by atoms with Gasteiger partial charge in [-0.25, -0.2) is 0 Å². The monoisotopic (exact) mass is 92.0 g/mol. The van der Waals surface area contributed by atoms with Gasteiger partial charge >= 0.3 is 38.2 Å². The van der Waals surface area contributed by atoms with Crippen LogP contribution in [-0.4, -0.2) is 17.5 Å². The van der Waals surface area contributed by atoms with Crippen molar-refractivity contribution in [3.05, 3.63) is 0 Å². The van der Waals surface area contributed by atoms with Crippen molar-refractivity contribution in [1.82, 2.24) is 3.38 Å². The summed E-state index contributed by atoms with van der Waals surface area (Å²) in [5.41, 5.74) is 0. The van der Waals surface area contributed by atoms with E-state index in [1.54, 1.807) is 0 Å². The zero-order valence-corrected chi connectivity index (χ0v) is 4.51. The van der Waals surface area contributed by atoms with E-state index in [9.17, 15) is 0 Å². The van der Waals surface area contributed by atoms with Gasteiger partial charge in [-0.2, -0.15) is 0 Å². The van der Waals surface area contributed by atoms with Crippen molar-refractivity contribution in [2.24, 2.45) is 0 Å². The Kier molecular flexibility index (Phi) is 2.27. The van der Waals surface area contributed by atoms with E-state index in [1.807, 2.05) is 38.2 Å².